The average Bonchev–Trinajstić information content (AvgIpc) is 2.56. The van der Waals surface area contributed by atoms with Gasteiger partial charge in [-0.05, 0) is 52.5 Å². The highest BCUT2D eigenvalue weighted by Gasteiger charge is 2.29. The minimum absolute atomic E-state index is 0.0347. The molecule has 0 fully saturated rings. The fourth-order valence-electron chi connectivity index (χ4n) is 2.66. The topological polar surface area (TPSA) is 95.9 Å². The summed E-state index contributed by atoms with van der Waals surface area (Å²) in [6.45, 7) is 7.09. The van der Waals surface area contributed by atoms with E-state index in [1.54, 1.807) is 32.9 Å². The van der Waals surface area contributed by atoms with E-state index >= 15 is 0 Å². The van der Waals surface area contributed by atoms with Crippen molar-refractivity contribution in [2.75, 3.05) is 0 Å². The number of hydrogen-bond donors (Lipinski definition) is 3. The molecule has 0 saturated heterocycles. The van der Waals surface area contributed by atoms with Crippen molar-refractivity contribution in [2.24, 2.45) is 5.92 Å². The van der Waals surface area contributed by atoms with E-state index in [1.165, 1.54) is 0 Å². The second-order valence-electron chi connectivity index (χ2n) is 7.59. The molecule has 0 heterocycles. The Labute approximate surface area is 161 Å². The summed E-state index contributed by atoms with van der Waals surface area (Å²) in [7, 11) is 0. The predicted molar refractivity (Wildman–Crippen MR) is 104 cm³/mol. The molecule has 3 atom stereocenters. The maximum Gasteiger partial charge on any atom is 0.407 e. The molecule has 150 valence electrons. The summed E-state index contributed by atoms with van der Waals surface area (Å²) in [6.07, 6.45) is 2.62. The SMILES string of the molecule is C/C=C/C[C@H](C[C@H](O)[C@H](Cc1ccccc1)NC(=O)OC(C)(C)C)C(=O)O. The summed E-state index contributed by atoms with van der Waals surface area (Å²) in [4.78, 5) is 23.7. The first-order valence-corrected chi connectivity index (χ1v) is 9.18. The van der Waals surface area contributed by atoms with Crippen molar-refractivity contribution in [2.45, 2.75) is 64.7 Å². The van der Waals surface area contributed by atoms with Crippen LogP contribution in [0, 0.1) is 5.92 Å². The van der Waals surface area contributed by atoms with E-state index in [0.29, 0.717) is 12.8 Å². The second-order valence-corrected chi connectivity index (χ2v) is 7.59. The fourth-order valence-corrected chi connectivity index (χ4v) is 2.66. The first kappa shape index (κ1) is 22.7. The standard InChI is InChI=1S/C21H31NO5/c1-5-6-12-16(19(24)25)14-18(23)17(13-15-10-8-7-9-11-15)22-20(26)27-21(2,3)4/h5-11,16-18,23H,12-14H2,1-4H3,(H,22,26)(H,24,25)/b6-5+/t16-,17+,18+/m1/s1. The van der Waals surface area contributed by atoms with E-state index in [0.717, 1.165) is 5.56 Å². The average molecular weight is 377 g/mol. The van der Waals surface area contributed by atoms with Crippen LogP contribution >= 0.6 is 0 Å². The van der Waals surface area contributed by atoms with Gasteiger partial charge in [-0.25, -0.2) is 4.79 Å². The summed E-state index contributed by atoms with van der Waals surface area (Å²) < 4.78 is 5.28. The zero-order valence-electron chi connectivity index (χ0n) is 16.5. The molecule has 0 saturated carbocycles. The van der Waals surface area contributed by atoms with Crippen LogP contribution < -0.4 is 5.32 Å². The van der Waals surface area contributed by atoms with Gasteiger partial charge in [0.1, 0.15) is 5.60 Å². The Hall–Kier alpha value is -2.34. The maximum atomic E-state index is 12.2. The van der Waals surface area contributed by atoms with Crippen molar-refractivity contribution >= 4 is 12.1 Å². The minimum Gasteiger partial charge on any atom is -0.481 e. The second kappa shape index (κ2) is 10.7. The molecule has 0 aliphatic heterocycles. The van der Waals surface area contributed by atoms with Gasteiger partial charge >= 0.3 is 12.1 Å². The van der Waals surface area contributed by atoms with Gasteiger partial charge in [-0.2, -0.15) is 0 Å². The monoisotopic (exact) mass is 377 g/mol. The number of benzene rings is 1. The van der Waals surface area contributed by atoms with Gasteiger partial charge in [0.15, 0.2) is 0 Å². The molecule has 1 rings (SSSR count). The van der Waals surface area contributed by atoms with E-state index in [4.69, 9.17) is 4.74 Å². The van der Waals surface area contributed by atoms with Crippen LogP contribution in [0.2, 0.25) is 0 Å². The summed E-state index contributed by atoms with van der Waals surface area (Å²) in [6, 6.07) is 8.76. The number of allylic oxidation sites excluding steroid dienone is 2. The van der Waals surface area contributed by atoms with Crippen LogP contribution in [0.15, 0.2) is 42.5 Å². The van der Waals surface area contributed by atoms with E-state index in [2.05, 4.69) is 5.32 Å². The smallest absolute Gasteiger partial charge is 0.407 e. The molecule has 0 spiro atoms. The van der Waals surface area contributed by atoms with Gasteiger partial charge in [0.05, 0.1) is 18.1 Å². The normalized spacial score (nSPS) is 15.1. The number of ether oxygens (including phenoxy) is 1. The number of carbonyl (C=O) groups excluding carboxylic acids is 1. The third kappa shape index (κ3) is 9.24. The van der Waals surface area contributed by atoms with Crippen LogP contribution in [0.5, 0.6) is 0 Å². The quantitative estimate of drug-likeness (QED) is 0.572. The van der Waals surface area contributed by atoms with Crippen LogP contribution in [-0.2, 0) is 16.0 Å². The van der Waals surface area contributed by atoms with Crippen LogP contribution in [0.1, 0.15) is 46.1 Å². The Kier molecular flexibility index (Phi) is 9.02. The Morgan fingerprint density at radius 2 is 1.85 bits per heavy atom. The van der Waals surface area contributed by atoms with Gasteiger partial charge in [0.2, 0.25) is 0 Å². The highest BCUT2D eigenvalue weighted by Crippen LogP contribution is 2.18. The Morgan fingerprint density at radius 1 is 1.22 bits per heavy atom. The maximum absolute atomic E-state index is 12.2. The molecule has 0 aliphatic carbocycles. The molecular weight excluding hydrogens is 346 g/mol. The summed E-state index contributed by atoms with van der Waals surface area (Å²) in [5.74, 6) is -1.70. The molecule has 3 N–H and O–H groups in total. The van der Waals surface area contributed by atoms with Gasteiger partial charge < -0.3 is 20.3 Å². The lowest BCUT2D eigenvalue weighted by molar-refractivity contribution is -0.142. The van der Waals surface area contributed by atoms with Gasteiger partial charge in [-0.1, -0.05) is 42.5 Å². The summed E-state index contributed by atoms with van der Waals surface area (Å²) in [5.41, 5.74) is 0.264. The number of carbonyl (C=O) groups is 2. The molecule has 1 amide bonds. The fraction of sp³-hybridized carbons (Fsp3) is 0.524. The Balaban J connectivity index is 2.90. The first-order chi connectivity index (χ1) is 12.6. The number of carboxylic acids is 1. The molecule has 6 heteroatoms. The molecule has 0 aromatic heterocycles. The molecule has 0 bridgehead atoms. The summed E-state index contributed by atoms with van der Waals surface area (Å²) >= 11 is 0. The number of aliphatic carboxylic acids is 1. The number of amides is 1. The van der Waals surface area contributed by atoms with Crippen molar-refractivity contribution in [3.63, 3.8) is 0 Å². The number of carboxylic acid groups (broad SMARTS) is 1. The van der Waals surface area contributed by atoms with E-state index in [9.17, 15) is 19.8 Å². The molecule has 6 nitrogen and oxygen atoms in total. The number of alkyl carbamates (subject to hydrolysis) is 1. The highest BCUT2D eigenvalue weighted by atomic mass is 16.6. The van der Waals surface area contributed by atoms with Crippen LogP contribution in [-0.4, -0.2) is 40.0 Å². The third-order valence-electron chi connectivity index (χ3n) is 4.00. The van der Waals surface area contributed by atoms with E-state index < -0.39 is 35.7 Å². The molecule has 0 aliphatic rings. The Morgan fingerprint density at radius 3 is 2.37 bits per heavy atom. The molecule has 1 aromatic rings. The van der Waals surface area contributed by atoms with Crippen molar-refractivity contribution in [3.8, 4) is 0 Å². The largest absolute Gasteiger partial charge is 0.481 e. The highest BCUT2D eigenvalue weighted by molar-refractivity contribution is 5.70. The van der Waals surface area contributed by atoms with Gasteiger partial charge in [0.25, 0.3) is 0 Å². The van der Waals surface area contributed by atoms with Crippen molar-refractivity contribution in [3.05, 3.63) is 48.0 Å². The van der Waals surface area contributed by atoms with Gasteiger partial charge in [0, 0.05) is 0 Å². The number of aliphatic hydroxyl groups is 1. The number of hydrogen-bond acceptors (Lipinski definition) is 4. The number of rotatable bonds is 9. The van der Waals surface area contributed by atoms with Crippen molar-refractivity contribution in [1.29, 1.82) is 0 Å². The molecule has 27 heavy (non-hydrogen) atoms. The third-order valence-corrected chi connectivity index (χ3v) is 4.00. The van der Waals surface area contributed by atoms with E-state index in [1.807, 2.05) is 37.3 Å². The Bertz CT molecular complexity index is 621. The van der Waals surface area contributed by atoms with Crippen LogP contribution in [0.4, 0.5) is 4.79 Å². The zero-order chi connectivity index (χ0) is 20.4. The lowest BCUT2D eigenvalue weighted by atomic mass is 9.91. The minimum atomic E-state index is -1.02. The number of nitrogens with one attached hydrogen (secondary N) is 1. The number of aliphatic hydroxyl groups excluding tert-OH is 1. The van der Waals surface area contributed by atoms with Crippen LogP contribution in [0.25, 0.3) is 0 Å². The van der Waals surface area contributed by atoms with Gasteiger partial charge in [-0.15, -0.1) is 0 Å². The van der Waals surface area contributed by atoms with Crippen LogP contribution in [0.3, 0.4) is 0 Å². The molecule has 1 aromatic carbocycles. The predicted octanol–water partition coefficient (Wildman–Crippen LogP) is 3.54. The molecule has 0 unspecified atom stereocenters. The lowest BCUT2D eigenvalue weighted by Gasteiger charge is -2.28. The lowest BCUT2D eigenvalue weighted by Crippen LogP contribution is -2.47. The molecular formula is C21H31NO5. The zero-order valence-corrected chi connectivity index (χ0v) is 16.5. The van der Waals surface area contributed by atoms with E-state index in [-0.39, 0.29) is 6.42 Å². The molecule has 0 radical (unpaired) electrons. The van der Waals surface area contributed by atoms with Crippen molar-refractivity contribution < 1.29 is 24.5 Å². The first-order valence-electron chi connectivity index (χ1n) is 9.18. The summed E-state index contributed by atoms with van der Waals surface area (Å²) in [5, 5.41) is 22.8. The van der Waals surface area contributed by atoms with Gasteiger partial charge in [-0.3, -0.25) is 4.79 Å². The van der Waals surface area contributed by atoms with Crippen molar-refractivity contribution in [1.82, 2.24) is 5.32 Å².